The Morgan fingerprint density at radius 1 is 1.26 bits per heavy atom. The van der Waals surface area contributed by atoms with E-state index in [2.05, 4.69) is 15.5 Å². The van der Waals surface area contributed by atoms with Gasteiger partial charge in [-0.05, 0) is 37.8 Å². The predicted octanol–water partition coefficient (Wildman–Crippen LogP) is 1.78. The van der Waals surface area contributed by atoms with Gasteiger partial charge < -0.3 is 10.1 Å². The third-order valence-corrected chi connectivity index (χ3v) is 3.94. The lowest BCUT2D eigenvalue weighted by atomic mass is 9.93. The van der Waals surface area contributed by atoms with Crippen molar-refractivity contribution in [2.75, 3.05) is 7.11 Å². The van der Waals surface area contributed by atoms with Gasteiger partial charge in [0.25, 0.3) is 0 Å². The van der Waals surface area contributed by atoms with Crippen LogP contribution in [0.2, 0.25) is 0 Å². The van der Waals surface area contributed by atoms with Crippen molar-refractivity contribution in [3.63, 3.8) is 0 Å². The zero-order valence-corrected chi connectivity index (χ0v) is 11.2. The van der Waals surface area contributed by atoms with Crippen molar-refractivity contribution in [2.45, 2.75) is 44.4 Å². The first-order chi connectivity index (χ1) is 9.36. The molecule has 0 bridgehead atoms. The largest absolute Gasteiger partial charge is 0.381 e. The summed E-state index contributed by atoms with van der Waals surface area (Å²) >= 11 is 0. The van der Waals surface area contributed by atoms with Gasteiger partial charge in [0.1, 0.15) is 0 Å². The van der Waals surface area contributed by atoms with Crippen LogP contribution in [-0.4, -0.2) is 33.9 Å². The highest BCUT2D eigenvalue weighted by molar-refractivity contribution is 5.36. The van der Waals surface area contributed by atoms with Crippen molar-refractivity contribution in [1.29, 1.82) is 0 Å². The number of hydrogen-bond donors (Lipinski definition) is 1. The van der Waals surface area contributed by atoms with E-state index in [-0.39, 0.29) is 0 Å². The van der Waals surface area contributed by atoms with E-state index in [1.807, 2.05) is 28.8 Å². The minimum atomic E-state index is 0.451. The maximum Gasteiger partial charge on any atom is 0.160 e. The van der Waals surface area contributed by atoms with E-state index in [1.165, 1.54) is 12.8 Å². The summed E-state index contributed by atoms with van der Waals surface area (Å²) in [6.45, 7) is 0.771. The summed E-state index contributed by atoms with van der Waals surface area (Å²) in [7, 11) is 1.81. The van der Waals surface area contributed by atoms with Gasteiger partial charge in [-0.3, -0.25) is 4.40 Å². The van der Waals surface area contributed by atoms with Crippen molar-refractivity contribution >= 4 is 5.65 Å². The van der Waals surface area contributed by atoms with Gasteiger partial charge in [-0.1, -0.05) is 6.07 Å². The number of rotatable bonds is 4. The summed E-state index contributed by atoms with van der Waals surface area (Å²) in [6.07, 6.45) is 7.11. The van der Waals surface area contributed by atoms with Crippen LogP contribution < -0.4 is 5.32 Å². The van der Waals surface area contributed by atoms with Crippen LogP contribution in [0.25, 0.3) is 5.65 Å². The molecule has 1 fully saturated rings. The SMILES string of the molecule is COC1CCC(NCc2nnc3ccccn23)CC1. The lowest BCUT2D eigenvalue weighted by Crippen LogP contribution is -2.35. The first-order valence-electron chi connectivity index (χ1n) is 6.91. The Morgan fingerprint density at radius 3 is 2.89 bits per heavy atom. The van der Waals surface area contributed by atoms with Crippen LogP contribution in [0, 0.1) is 0 Å². The molecule has 102 valence electrons. The normalized spacial score (nSPS) is 23.8. The van der Waals surface area contributed by atoms with E-state index >= 15 is 0 Å². The number of methoxy groups -OCH3 is 1. The van der Waals surface area contributed by atoms with Gasteiger partial charge in [0.05, 0.1) is 12.6 Å². The molecule has 2 heterocycles. The number of fused-ring (bicyclic) bond motifs is 1. The molecule has 19 heavy (non-hydrogen) atoms. The van der Waals surface area contributed by atoms with Gasteiger partial charge in [0, 0.05) is 19.3 Å². The fourth-order valence-electron chi connectivity index (χ4n) is 2.75. The van der Waals surface area contributed by atoms with Gasteiger partial charge in [0.15, 0.2) is 11.5 Å². The van der Waals surface area contributed by atoms with Gasteiger partial charge in [-0.25, -0.2) is 0 Å². The molecule has 1 aliphatic carbocycles. The average Bonchev–Trinajstić information content (AvgIpc) is 2.89. The Balaban J connectivity index is 1.58. The van der Waals surface area contributed by atoms with Crippen molar-refractivity contribution in [2.24, 2.45) is 0 Å². The Kier molecular flexibility index (Phi) is 3.75. The van der Waals surface area contributed by atoms with Crippen molar-refractivity contribution < 1.29 is 4.74 Å². The number of pyridine rings is 1. The quantitative estimate of drug-likeness (QED) is 0.910. The van der Waals surface area contributed by atoms with E-state index in [0.717, 1.165) is 30.9 Å². The molecule has 5 nitrogen and oxygen atoms in total. The molecule has 1 aliphatic rings. The minimum absolute atomic E-state index is 0.451. The second-order valence-electron chi connectivity index (χ2n) is 5.14. The maximum atomic E-state index is 5.39. The molecular weight excluding hydrogens is 240 g/mol. The number of nitrogens with zero attached hydrogens (tertiary/aromatic N) is 3. The summed E-state index contributed by atoms with van der Waals surface area (Å²) in [5.41, 5.74) is 0.905. The molecule has 1 saturated carbocycles. The fraction of sp³-hybridized carbons (Fsp3) is 0.571. The molecule has 3 rings (SSSR count). The number of aromatic nitrogens is 3. The van der Waals surface area contributed by atoms with Crippen molar-refractivity contribution in [3.8, 4) is 0 Å². The summed E-state index contributed by atoms with van der Waals surface area (Å²) in [6, 6.07) is 6.53. The monoisotopic (exact) mass is 260 g/mol. The molecule has 0 atom stereocenters. The highest BCUT2D eigenvalue weighted by Crippen LogP contribution is 2.20. The maximum absolute atomic E-state index is 5.39. The fourth-order valence-corrected chi connectivity index (χ4v) is 2.75. The van der Waals surface area contributed by atoms with Crippen LogP contribution in [0.4, 0.5) is 0 Å². The summed E-state index contributed by atoms with van der Waals surface area (Å²) < 4.78 is 7.43. The van der Waals surface area contributed by atoms with E-state index < -0.39 is 0 Å². The van der Waals surface area contributed by atoms with Crippen LogP contribution in [0.5, 0.6) is 0 Å². The molecule has 0 amide bonds. The lowest BCUT2D eigenvalue weighted by molar-refractivity contribution is 0.0623. The molecule has 2 aromatic heterocycles. The van der Waals surface area contributed by atoms with E-state index in [9.17, 15) is 0 Å². The Morgan fingerprint density at radius 2 is 2.11 bits per heavy atom. The summed E-state index contributed by atoms with van der Waals surface area (Å²) in [5, 5.41) is 12.0. The van der Waals surface area contributed by atoms with Crippen LogP contribution in [0.1, 0.15) is 31.5 Å². The van der Waals surface area contributed by atoms with E-state index in [4.69, 9.17) is 4.74 Å². The molecule has 5 heteroatoms. The van der Waals surface area contributed by atoms with Gasteiger partial charge in [-0.2, -0.15) is 0 Å². The third kappa shape index (κ3) is 2.77. The summed E-state index contributed by atoms with van der Waals surface area (Å²) in [5.74, 6) is 0.976. The standard InChI is InChI=1S/C14H20N4O/c1-19-12-7-5-11(6-8-12)15-10-14-17-16-13-4-2-3-9-18(13)14/h2-4,9,11-12,15H,5-8,10H2,1H3. The topological polar surface area (TPSA) is 51.5 Å². The Bertz CT molecular complexity index is 531. The molecule has 1 N–H and O–H groups in total. The molecule has 0 aliphatic heterocycles. The predicted molar refractivity (Wildman–Crippen MR) is 72.9 cm³/mol. The number of ether oxygens (including phenoxy) is 1. The van der Waals surface area contributed by atoms with Crippen molar-refractivity contribution in [3.05, 3.63) is 30.2 Å². The van der Waals surface area contributed by atoms with Gasteiger partial charge in [-0.15, -0.1) is 10.2 Å². The second kappa shape index (κ2) is 5.67. The highest BCUT2D eigenvalue weighted by atomic mass is 16.5. The second-order valence-corrected chi connectivity index (χ2v) is 5.14. The molecule has 0 saturated heterocycles. The first-order valence-corrected chi connectivity index (χ1v) is 6.91. The molecule has 0 radical (unpaired) electrons. The zero-order chi connectivity index (χ0) is 13.1. The van der Waals surface area contributed by atoms with Crippen LogP contribution in [0.3, 0.4) is 0 Å². The van der Waals surface area contributed by atoms with Crippen LogP contribution >= 0.6 is 0 Å². The van der Waals surface area contributed by atoms with Crippen LogP contribution in [0.15, 0.2) is 24.4 Å². The van der Waals surface area contributed by atoms with Crippen molar-refractivity contribution in [1.82, 2.24) is 19.9 Å². The number of hydrogen-bond acceptors (Lipinski definition) is 4. The molecular formula is C14H20N4O. The van der Waals surface area contributed by atoms with Gasteiger partial charge >= 0.3 is 0 Å². The zero-order valence-electron chi connectivity index (χ0n) is 11.2. The van der Waals surface area contributed by atoms with E-state index in [1.54, 1.807) is 7.11 Å². The van der Waals surface area contributed by atoms with Crippen LogP contribution in [-0.2, 0) is 11.3 Å². The smallest absolute Gasteiger partial charge is 0.160 e. The molecule has 0 aromatic carbocycles. The first kappa shape index (κ1) is 12.6. The molecule has 2 aromatic rings. The minimum Gasteiger partial charge on any atom is -0.381 e. The average molecular weight is 260 g/mol. The summed E-state index contributed by atoms with van der Waals surface area (Å²) in [4.78, 5) is 0. The molecule has 0 unspecified atom stereocenters. The number of nitrogens with one attached hydrogen (secondary N) is 1. The third-order valence-electron chi connectivity index (χ3n) is 3.94. The molecule has 0 spiro atoms. The van der Waals surface area contributed by atoms with Gasteiger partial charge in [0.2, 0.25) is 0 Å². The lowest BCUT2D eigenvalue weighted by Gasteiger charge is -2.28. The highest BCUT2D eigenvalue weighted by Gasteiger charge is 2.20. The van der Waals surface area contributed by atoms with E-state index in [0.29, 0.717) is 12.1 Å². The Labute approximate surface area is 113 Å². The Hall–Kier alpha value is -1.46.